The number of amides is 2. The highest BCUT2D eigenvalue weighted by Gasteiger charge is 2.06. The molecular weight excluding hydrogens is 284 g/mol. The Morgan fingerprint density at radius 1 is 1.38 bits per heavy atom. The van der Waals surface area contributed by atoms with Crippen molar-refractivity contribution in [2.75, 3.05) is 14.1 Å². The molecule has 0 radical (unpaired) electrons. The van der Waals surface area contributed by atoms with E-state index in [1.165, 1.54) is 16.2 Å². The first-order valence-electron chi connectivity index (χ1n) is 6.42. The minimum atomic E-state index is -0.285. The maximum absolute atomic E-state index is 11.8. The van der Waals surface area contributed by atoms with E-state index in [-0.39, 0.29) is 6.03 Å². The molecule has 2 rings (SSSR count). The first kappa shape index (κ1) is 15.0. The van der Waals surface area contributed by atoms with Crippen LogP contribution in [0.4, 0.5) is 4.79 Å². The van der Waals surface area contributed by atoms with Crippen molar-refractivity contribution < 1.29 is 4.79 Å². The van der Waals surface area contributed by atoms with Crippen LogP contribution < -0.4 is 4.80 Å². The van der Waals surface area contributed by atoms with E-state index in [1.54, 1.807) is 14.1 Å². The van der Waals surface area contributed by atoms with E-state index in [1.807, 2.05) is 42.0 Å². The molecule has 0 fully saturated rings. The van der Waals surface area contributed by atoms with E-state index in [9.17, 15) is 4.79 Å². The number of carbonyl (C=O) groups excluding carboxylic acids is 1. The highest BCUT2D eigenvalue weighted by atomic mass is 32.1. The molecule has 0 bridgehead atoms. The quantitative estimate of drug-likeness (QED) is 0.855. The summed E-state index contributed by atoms with van der Waals surface area (Å²) >= 11 is 1.47. The maximum atomic E-state index is 11.8. The number of benzene rings is 1. The minimum Gasteiger partial charge on any atom is -0.329 e. The van der Waals surface area contributed by atoms with Crippen molar-refractivity contribution in [3.63, 3.8) is 0 Å². The molecule has 0 aliphatic carbocycles. The van der Waals surface area contributed by atoms with Gasteiger partial charge in [0.1, 0.15) is 0 Å². The SMILES string of the molecule is Cc1cn(-c2ccc(CC#N)cc2)/c(=N/C(=O)N(C)C)s1. The number of aryl methyl sites for hydroxylation is 1. The second-order valence-electron chi connectivity index (χ2n) is 4.78. The van der Waals surface area contributed by atoms with Gasteiger partial charge in [0.2, 0.25) is 0 Å². The lowest BCUT2D eigenvalue weighted by atomic mass is 10.1. The summed E-state index contributed by atoms with van der Waals surface area (Å²) in [6, 6.07) is 9.52. The van der Waals surface area contributed by atoms with E-state index in [4.69, 9.17) is 5.26 Å². The number of hydrogen-bond donors (Lipinski definition) is 0. The predicted molar refractivity (Wildman–Crippen MR) is 82.3 cm³/mol. The van der Waals surface area contributed by atoms with E-state index in [0.29, 0.717) is 11.2 Å². The topological polar surface area (TPSA) is 61.4 Å². The van der Waals surface area contributed by atoms with Crippen LogP contribution in [0.3, 0.4) is 0 Å². The zero-order valence-electron chi connectivity index (χ0n) is 12.2. The molecule has 1 aromatic heterocycles. The van der Waals surface area contributed by atoms with Crippen LogP contribution in [0.25, 0.3) is 5.69 Å². The number of nitriles is 1. The Kier molecular flexibility index (Phi) is 4.55. The standard InChI is InChI=1S/C15H16N4OS/c1-11-10-19(15(21-11)17-14(20)18(2)3)13-6-4-12(5-7-13)8-9-16/h4-7,10H,8H2,1-3H3/b17-15-. The number of urea groups is 1. The van der Waals surface area contributed by atoms with Crippen LogP contribution in [0.1, 0.15) is 10.4 Å². The molecule has 2 aromatic rings. The number of nitrogens with zero attached hydrogens (tertiary/aromatic N) is 4. The summed E-state index contributed by atoms with van der Waals surface area (Å²) in [5, 5.41) is 8.69. The van der Waals surface area contributed by atoms with Gasteiger partial charge in [0, 0.05) is 30.9 Å². The second kappa shape index (κ2) is 6.37. The molecule has 0 aliphatic rings. The molecule has 108 valence electrons. The predicted octanol–water partition coefficient (Wildman–Crippen LogP) is 2.50. The first-order valence-corrected chi connectivity index (χ1v) is 7.24. The molecule has 21 heavy (non-hydrogen) atoms. The van der Waals surface area contributed by atoms with Gasteiger partial charge in [-0.15, -0.1) is 11.3 Å². The lowest BCUT2D eigenvalue weighted by Crippen LogP contribution is -2.22. The van der Waals surface area contributed by atoms with Crippen molar-refractivity contribution in [1.82, 2.24) is 9.47 Å². The molecule has 5 nitrogen and oxygen atoms in total. The average molecular weight is 300 g/mol. The highest BCUT2D eigenvalue weighted by Crippen LogP contribution is 2.12. The molecule has 2 amide bonds. The van der Waals surface area contributed by atoms with E-state index in [0.717, 1.165) is 16.1 Å². The van der Waals surface area contributed by atoms with Crippen LogP contribution in [0.2, 0.25) is 0 Å². The van der Waals surface area contributed by atoms with Gasteiger partial charge in [-0.3, -0.25) is 4.57 Å². The summed E-state index contributed by atoms with van der Waals surface area (Å²) in [7, 11) is 3.35. The van der Waals surface area contributed by atoms with Gasteiger partial charge in [0.25, 0.3) is 0 Å². The largest absolute Gasteiger partial charge is 0.345 e. The van der Waals surface area contributed by atoms with E-state index < -0.39 is 0 Å². The van der Waals surface area contributed by atoms with Crippen LogP contribution in [0, 0.1) is 18.3 Å². The van der Waals surface area contributed by atoms with Gasteiger partial charge in [-0.1, -0.05) is 12.1 Å². The fourth-order valence-electron chi connectivity index (χ4n) is 1.77. The fraction of sp³-hybridized carbons (Fsp3) is 0.267. The number of aromatic nitrogens is 1. The van der Waals surface area contributed by atoms with Gasteiger partial charge >= 0.3 is 6.03 Å². The molecule has 0 aliphatic heterocycles. The molecule has 1 heterocycles. The summed E-state index contributed by atoms with van der Waals surface area (Å²) in [5.74, 6) is 0. The molecule has 0 spiro atoms. The normalized spacial score (nSPS) is 11.2. The number of rotatable bonds is 2. The van der Waals surface area contributed by atoms with Crippen molar-refractivity contribution in [1.29, 1.82) is 5.26 Å². The maximum Gasteiger partial charge on any atom is 0.345 e. The molecule has 1 aromatic carbocycles. The van der Waals surface area contributed by atoms with Crippen LogP contribution in [-0.2, 0) is 6.42 Å². The molecule has 0 saturated carbocycles. The smallest absolute Gasteiger partial charge is 0.329 e. The van der Waals surface area contributed by atoms with Crippen molar-refractivity contribution in [2.24, 2.45) is 4.99 Å². The Hall–Kier alpha value is -2.39. The van der Waals surface area contributed by atoms with Gasteiger partial charge in [-0.25, -0.2) is 4.79 Å². The third kappa shape index (κ3) is 3.58. The molecule has 0 unspecified atom stereocenters. The van der Waals surface area contributed by atoms with Crippen molar-refractivity contribution in [3.8, 4) is 11.8 Å². The summed E-state index contributed by atoms with van der Waals surface area (Å²) in [6.07, 6.45) is 2.34. The third-order valence-electron chi connectivity index (χ3n) is 2.84. The minimum absolute atomic E-state index is 0.285. The van der Waals surface area contributed by atoms with Crippen LogP contribution in [-0.4, -0.2) is 29.6 Å². The molecule has 0 saturated heterocycles. The highest BCUT2D eigenvalue weighted by molar-refractivity contribution is 7.09. The second-order valence-corrected chi connectivity index (χ2v) is 6.00. The summed E-state index contributed by atoms with van der Waals surface area (Å²) in [5.41, 5.74) is 1.89. The van der Waals surface area contributed by atoms with Crippen molar-refractivity contribution in [2.45, 2.75) is 13.3 Å². The van der Waals surface area contributed by atoms with Gasteiger partial charge in [-0.05, 0) is 24.6 Å². The molecule has 0 atom stereocenters. The van der Waals surface area contributed by atoms with Crippen LogP contribution in [0.15, 0.2) is 35.5 Å². The molecule has 6 heteroatoms. The zero-order valence-corrected chi connectivity index (χ0v) is 13.0. The zero-order chi connectivity index (χ0) is 15.4. The monoisotopic (exact) mass is 300 g/mol. The first-order chi connectivity index (χ1) is 10.0. The Labute approximate surface area is 127 Å². The van der Waals surface area contributed by atoms with Crippen molar-refractivity contribution >= 4 is 17.4 Å². The van der Waals surface area contributed by atoms with Crippen LogP contribution >= 0.6 is 11.3 Å². The van der Waals surface area contributed by atoms with Gasteiger partial charge in [-0.2, -0.15) is 10.3 Å². The number of carbonyl (C=O) groups is 1. The average Bonchev–Trinajstić information content (AvgIpc) is 2.80. The summed E-state index contributed by atoms with van der Waals surface area (Å²) in [6.45, 7) is 1.98. The van der Waals surface area contributed by atoms with Gasteiger partial charge in [0.05, 0.1) is 12.5 Å². The van der Waals surface area contributed by atoms with E-state index >= 15 is 0 Å². The Balaban J connectivity index is 2.45. The lowest BCUT2D eigenvalue weighted by Gasteiger charge is -2.06. The third-order valence-corrected chi connectivity index (χ3v) is 3.74. The number of hydrogen-bond acceptors (Lipinski definition) is 3. The van der Waals surface area contributed by atoms with Gasteiger partial charge < -0.3 is 4.90 Å². The van der Waals surface area contributed by atoms with Crippen molar-refractivity contribution in [3.05, 3.63) is 45.7 Å². The van der Waals surface area contributed by atoms with Crippen LogP contribution in [0.5, 0.6) is 0 Å². The molecule has 0 N–H and O–H groups in total. The number of thiazole rings is 1. The Bertz CT molecular complexity index is 747. The summed E-state index contributed by atoms with van der Waals surface area (Å²) < 4.78 is 1.89. The Morgan fingerprint density at radius 2 is 2.05 bits per heavy atom. The van der Waals surface area contributed by atoms with E-state index in [2.05, 4.69) is 11.1 Å². The van der Waals surface area contributed by atoms with Gasteiger partial charge in [0.15, 0.2) is 4.80 Å². The molecular formula is C15H16N4OS. The Morgan fingerprint density at radius 3 is 2.62 bits per heavy atom. The summed E-state index contributed by atoms with van der Waals surface area (Å²) in [4.78, 5) is 19.0. The lowest BCUT2D eigenvalue weighted by molar-refractivity contribution is 0.226. The fourth-order valence-corrected chi connectivity index (χ4v) is 2.59.